The molecule has 13 rings (SSSR count). The minimum Gasteiger partial charge on any atom is -0.309 e. The van der Waals surface area contributed by atoms with E-state index in [1.807, 2.05) is 0 Å². The lowest BCUT2D eigenvalue weighted by Gasteiger charge is -2.23. The van der Waals surface area contributed by atoms with Crippen LogP contribution in [0.25, 0.3) is 126 Å². The van der Waals surface area contributed by atoms with Crippen LogP contribution in [0.3, 0.4) is 0 Å². The predicted octanol–water partition coefficient (Wildman–Crippen LogP) is 17.2. The van der Waals surface area contributed by atoms with E-state index in [1.165, 1.54) is 120 Å². The van der Waals surface area contributed by atoms with Crippen molar-refractivity contribution < 1.29 is 0 Å². The highest BCUT2D eigenvalue weighted by atomic mass is 15.0. The van der Waals surface area contributed by atoms with Crippen LogP contribution in [0.2, 0.25) is 0 Å². The first-order chi connectivity index (χ1) is 31.3. The van der Waals surface area contributed by atoms with Crippen LogP contribution < -0.4 is 0 Å². The topological polar surface area (TPSA) is 4.93 Å². The zero-order valence-corrected chi connectivity index (χ0v) is 34.5. The molecule has 292 valence electrons. The third-order valence-electron chi connectivity index (χ3n) is 13.4. The number of para-hydroxylation sites is 3. The molecule has 0 spiro atoms. The van der Waals surface area contributed by atoms with Crippen molar-refractivity contribution in [2.75, 3.05) is 0 Å². The second-order valence-corrected chi connectivity index (χ2v) is 16.6. The van der Waals surface area contributed by atoms with E-state index in [9.17, 15) is 0 Å². The maximum atomic E-state index is 2.47. The average Bonchev–Trinajstić information content (AvgIpc) is 3.71. The number of nitrogens with zero attached hydrogens (tertiary/aromatic N) is 1. The molecule has 0 N–H and O–H groups in total. The van der Waals surface area contributed by atoms with Gasteiger partial charge in [0.15, 0.2) is 0 Å². The lowest BCUT2D eigenvalue weighted by Crippen LogP contribution is -1.98. The van der Waals surface area contributed by atoms with Gasteiger partial charge in [-0.15, -0.1) is 0 Å². The van der Waals surface area contributed by atoms with Gasteiger partial charge in [0.25, 0.3) is 0 Å². The molecule has 12 aromatic carbocycles. The smallest absolute Gasteiger partial charge is 0.0619 e. The summed E-state index contributed by atoms with van der Waals surface area (Å²) < 4.78 is 2.47. The van der Waals surface area contributed by atoms with Crippen molar-refractivity contribution in [3.63, 3.8) is 0 Å². The SMILES string of the molecule is c1ccc(-c2cccc(-c3cccc4c5ccccc5n(-c5ccccc5)c34)c2-c2c3ccccc3c(-c3cccc4c5ccccc5c5ccccc5c34)c3ccccc23)cc1. The summed E-state index contributed by atoms with van der Waals surface area (Å²) in [6, 6.07) is 87.4. The summed E-state index contributed by atoms with van der Waals surface area (Å²) in [5.41, 5.74) is 13.3. The summed E-state index contributed by atoms with van der Waals surface area (Å²) in [5, 5.41) is 15.1. The van der Waals surface area contributed by atoms with Crippen LogP contribution in [0.15, 0.2) is 237 Å². The van der Waals surface area contributed by atoms with Crippen molar-refractivity contribution in [2.45, 2.75) is 0 Å². The van der Waals surface area contributed by atoms with Gasteiger partial charge in [-0.1, -0.05) is 218 Å². The molecule has 1 heteroatoms. The zero-order valence-electron chi connectivity index (χ0n) is 34.5. The van der Waals surface area contributed by atoms with Gasteiger partial charge in [0.1, 0.15) is 0 Å². The first kappa shape index (κ1) is 35.5. The van der Waals surface area contributed by atoms with E-state index in [1.54, 1.807) is 0 Å². The molecule has 1 aromatic heterocycles. The molecule has 63 heavy (non-hydrogen) atoms. The van der Waals surface area contributed by atoms with Crippen molar-refractivity contribution in [3.05, 3.63) is 237 Å². The van der Waals surface area contributed by atoms with Gasteiger partial charge in [-0.05, 0) is 111 Å². The van der Waals surface area contributed by atoms with Gasteiger partial charge in [0.2, 0.25) is 0 Å². The second kappa shape index (κ2) is 14.2. The maximum absolute atomic E-state index is 2.47. The molecule has 0 aliphatic carbocycles. The lowest BCUT2D eigenvalue weighted by molar-refractivity contribution is 1.18. The summed E-state index contributed by atoms with van der Waals surface area (Å²) in [7, 11) is 0. The molecule has 0 amide bonds. The minimum absolute atomic E-state index is 1.15. The standard InChI is InChI=1S/C62H39N/c1-3-20-40(21-4-1)42-33-17-35-53(55-37-19-36-54-46-27-15-16-39-57(46)63(62(54)55)41-22-5-2-6-23-41)60(42)61-51-31-13-11-29-49(51)59(50-30-12-14-32-52(50)61)56-38-18-34-48-45-25-8-7-24-43(45)44-26-9-10-28-47(44)58(48)56/h1-39H. The highest BCUT2D eigenvalue weighted by Crippen LogP contribution is 2.52. The summed E-state index contributed by atoms with van der Waals surface area (Å²) in [6.07, 6.45) is 0. The largest absolute Gasteiger partial charge is 0.309 e. The fourth-order valence-corrected chi connectivity index (χ4v) is 10.8. The van der Waals surface area contributed by atoms with Crippen molar-refractivity contribution in [1.29, 1.82) is 0 Å². The predicted molar refractivity (Wildman–Crippen MR) is 270 cm³/mol. The molecular weight excluding hydrogens is 759 g/mol. The number of fused-ring (bicyclic) bond motifs is 11. The normalized spacial score (nSPS) is 11.8. The fraction of sp³-hybridized carbons (Fsp3) is 0. The van der Waals surface area contributed by atoms with Gasteiger partial charge < -0.3 is 4.57 Å². The summed E-state index contributed by atoms with van der Waals surface area (Å²) in [4.78, 5) is 0. The highest BCUT2D eigenvalue weighted by molar-refractivity contribution is 6.32. The molecule has 0 fully saturated rings. The van der Waals surface area contributed by atoms with Crippen molar-refractivity contribution in [2.24, 2.45) is 0 Å². The molecule has 0 unspecified atom stereocenters. The van der Waals surface area contributed by atoms with Gasteiger partial charge in [-0.25, -0.2) is 0 Å². The number of hydrogen-bond acceptors (Lipinski definition) is 0. The molecule has 0 aliphatic rings. The van der Waals surface area contributed by atoms with E-state index in [-0.39, 0.29) is 0 Å². The Labute approximate surface area is 365 Å². The Hall–Kier alpha value is -8.26. The Morgan fingerprint density at radius 3 is 1.27 bits per heavy atom. The summed E-state index contributed by atoms with van der Waals surface area (Å²) in [5.74, 6) is 0. The van der Waals surface area contributed by atoms with Crippen LogP contribution in [0.1, 0.15) is 0 Å². The highest BCUT2D eigenvalue weighted by Gasteiger charge is 2.25. The molecule has 13 aromatic rings. The lowest BCUT2D eigenvalue weighted by atomic mass is 9.80. The van der Waals surface area contributed by atoms with Gasteiger partial charge in [0, 0.05) is 22.0 Å². The first-order valence-corrected chi connectivity index (χ1v) is 21.9. The molecule has 1 nitrogen and oxygen atoms in total. The van der Waals surface area contributed by atoms with Crippen LogP contribution in [-0.2, 0) is 0 Å². The van der Waals surface area contributed by atoms with Crippen LogP contribution in [0.5, 0.6) is 0 Å². The van der Waals surface area contributed by atoms with Crippen LogP contribution in [-0.4, -0.2) is 4.57 Å². The van der Waals surface area contributed by atoms with Gasteiger partial charge in [-0.2, -0.15) is 0 Å². The number of rotatable bonds is 5. The minimum atomic E-state index is 1.15. The van der Waals surface area contributed by atoms with E-state index < -0.39 is 0 Å². The molecule has 1 heterocycles. The molecule has 0 radical (unpaired) electrons. The van der Waals surface area contributed by atoms with Gasteiger partial charge in [-0.3, -0.25) is 0 Å². The number of hydrogen-bond donors (Lipinski definition) is 0. The van der Waals surface area contributed by atoms with E-state index in [2.05, 4.69) is 241 Å². The average molecular weight is 798 g/mol. The quantitative estimate of drug-likeness (QED) is 0.121. The van der Waals surface area contributed by atoms with E-state index in [0.29, 0.717) is 0 Å². The monoisotopic (exact) mass is 797 g/mol. The van der Waals surface area contributed by atoms with Gasteiger partial charge in [0.05, 0.1) is 11.0 Å². The molecule has 0 bridgehead atoms. The number of benzene rings is 12. The zero-order chi connectivity index (χ0) is 41.4. The number of aromatic nitrogens is 1. The Bertz CT molecular complexity index is 3850. The Morgan fingerprint density at radius 2 is 0.635 bits per heavy atom. The third-order valence-corrected chi connectivity index (χ3v) is 13.4. The van der Waals surface area contributed by atoms with Crippen LogP contribution >= 0.6 is 0 Å². The van der Waals surface area contributed by atoms with Crippen LogP contribution in [0, 0.1) is 0 Å². The molecule has 0 saturated carbocycles. The summed E-state index contributed by atoms with van der Waals surface area (Å²) >= 11 is 0. The summed E-state index contributed by atoms with van der Waals surface area (Å²) in [6.45, 7) is 0. The Balaban J connectivity index is 1.20. The van der Waals surface area contributed by atoms with Crippen molar-refractivity contribution in [1.82, 2.24) is 4.57 Å². The molecular formula is C62H39N. The van der Waals surface area contributed by atoms with Crippen molar-refractivity contribution in [3.8, 4) is 50.2 Å². The molecule has 0 atom stereocenters. The fourth-order valence-electron chi connectivity index (χ4n) is 10.8. The van der Waals surface area contributed by atoms with Crippen LogP contribution in [0.4, 0.5) is 0 Å². The van der Waals surface area contributed by atoms with Crippen molar-refractivity contribution >= 4 is 75.7 Å². The third kappa shape index (κ3) is 5.30. The molecule has 0 aliphatic heterocycles. The Kier molecular flexibility index (Phi) is 7.98. The second-order valence-electron chi connectivity index (χ2n) is 16.6. The van der Waals surface area contributed by atoms with E-state index >= 15 is 0 Å². The van der Waals surface area contributed by atoms with Gasteiger partial charge >= 0.3 is 0 Å². The first-order valence-electron chi connectivity index (χ1n) is 21.9. The van der Waals surface area contributed by atoms with E-state index in [0.717, 1.165) is 5.69 Å². The van der Waals surface area contributed by atoms with E-state index in [4.69, 9.17) is 0 Å². The molecule has 0 saturated heterocycles. The maximum Gasteiger partial charge on any atom is 0.0619 e. The Morgan fingerprint density at radius 1 is 0.222 bits per heavy atom.